The zero-order chi connectivity index (χ0) is 8.69. The second-order valence-corrected chi connectivity index (χ2v) is 3.11. The van der Waals surface area contributed by atoms with E-state index in [1.165, 1.54) is 0 Å². The van der Waals surface area contributed by atoms with E-state index in [1.54, 1.807) is 16.7 Å². The van der Waals surface area contributed by atoms with Crippen LogP contribution in [-0.4, -0.2) is 34.2 Å². The van der Waals surface area contributed by atoms with E-state index in [2.05, 4.69) is 13.2 Å². The van der Waals surface area contributed by atoms with Gasteiger partial charge in [0.25, 0.3) is 0 Å². The fourth-order valence-corrected chi connectivity index (χ4v) is 0.896. The van der Waals surface area contributed by atoms with E-state index in [-0.39, 0.29) is 12.7 Å². The van der Waals surface area contributed by atoms with Crippen molar-refractivity contribution in [3.8, 4) is 0 Å². The summed E-state index contributed by atoms with van der Waals surface area (Å²) in [5.41, 5.74) is 0. The molecular weight excluding hydrogens is 158 g/mol. The zero-order valence-electron chi connectivity index (χ0n) is 6.75. The Morgan fingerprint density at radius 2 is 2.18 bits per heavy atom. The molecule has 0 aliphatic heterocycles. The lowest BCUT2D eigenvalue weighted by Gasteiger charge is -2.13. The Hall–Kier alpha value is -1.03. The topological polar surface area (TPSA) is 29.5 Å². The van der Waals surface area contributed by atoms with Gasteiger partial charge in [-0.3, -0.25) is 0 Å². The molecule has 11 heavy (non-hydrogen) atoms. The van der Waals surface area contributed by atoms with Crippen molar-refractivity contribution in [3.05, 3.63) is 25.3 Å². The number of carbonyl (C=O) groups excluding carboxylic acids is 1. The molecule has 0 fully saturated rings. The lowest BCUT2D eigenvalue weighted by Crippen LogP contribution is -2.28. The normalized spacial score (nSPS) is 8.73. The molecule has 62 valence electrons. The molecule has 0 bridgehead atoms. The Morgan fingerprint density at radius 3 is 2.64 bits per heavy atom. The minimum absolute atomic E-state index is 0.273. The van der Waals surface area contributed by atoms with Crippen molar-refractivity contribution in [2.24, 2.45) is 0 Å². The molecule has 4 heteroatoms. The summed E-state index contributed by atoms with van der Waals surface area (Å²) in [6.07, 6.45) is 2.92. The van der Waals surface area contributed by atoms with Gasteiger partial charge in [0.15, 0.2) is 0 Å². The molecule has 0 aromatic rings. The lowest BCUT2D eigenvalue weighted by molar-refractivity contribution is 0.140. The summed E-state index contributed by atoms with van der Waals surface area (Å²) in [6, 6.07) is 0. The quantitative estimate of drug-likeness (QED) is 0.443. The van der Waals surface area contributed by atoms with Crippen molar-refractivity contribution in [3.63, 3.8) is 0 Å². The fourth-order valence-electron chi connectivity index (χ4n) is 0.509. The minimum Gasteiger partial charge on any atom is -0.446 e. The highest BCUT2D eigenvalue weighted by molar-refractivity contribution is 6.12. The van der Waals surface area contributed by atoms with E-state index in [0.717, 1.165) is 0 Å². The number of hydrogen-bond acceptors (Lipinski definition) is 2. The molecule has 1 amide bonds. The molecule has 0 heterocycles. The van der Waals surface area contributed by atoms with Gasteiger partial charge in [-0.25, -0.2) is 4.79 Å². The maximum atomic E-state index is 10.9. The first-order valence-electron chi connectivity index (χ1n) is 3.32. The van der Waals surface area contributed by atoms with Crippen molar-refractivity contribution in [2.45, 2.75) is 0 Å². The summed E-state index contributed by atoms with van der Waals surface area (Å²) in [7, 11) is 0.653. The van der Waals surface area contributed by atoms with Crippen LogP contribution in [0.25, 0.3) is 0 Å². The van der Waals surface area contributed by atoms with Crippen LogP contribution in [0.2, 0.25) is 0 Å². The van der Waals surface area contributed by atoms with Crippen LogP contribution in [0.3, 0.4) is 0 Å². The van der Waals surface area contributed by atoms with E-state index >= 15 is 0 Å². The predicted molar refractivity (Wildman–Crippen MR) is 48.4 cm³/mol. The highest BCUT2D eigenvalue weighted by atomic mass is 28.2. The fraction of sp³-hybridized carbons (Fsp3) is 0.286. The first kappa shape index (κ1) is 9.97. The molecule has 0 aromatic carbocycles. The van der Waals surface area contributed by atoms with Gasteiger partial charge >= 0.3 is 6.09 Å². The molecule has 0 saturated heterocycles. The lowest BCUT2D eigenvalue weighted by atomic mass is 10.6. The van der Waals surface area contributed by atoms with E-state index in [9.17, 15) is 4.79 Å². The molecule has 0 aliphatic carbocycles. The highest BCUT2D eigenvalue weighted by Crippen LogP contribution is 1.88. The smallest absolute Gasteiger partial charge is 0.401 e. The van der Waals surface area contributed by atoms with Crippen molar-refractivity contribution in [1.82, 2.24) is 4.57 Å². The standard InChI is InChI=1S/C7H13NO2Si/c1-3-5-8(11)7(9)10-6-4-2/h3-4H,1-2,5-6H2,11H3. The average molecular weight is 171 g/mol. The van der Waals surface area contributed by atoms with Crippen LogP contribution in [0.1, 0.15) is 0 Å². The maximum absolute atomic E-state index is 10.9. The molecular formula is C7H13NO2Si. The SMILES string of the molecule is C=CCOC(=O)N([SiH3])CC=C. The molecule has 0 atom stereocenters. The Labute approximate surface area is 69.8 Å². The molecule has 0 radical (unpaired) electrons. The molecule has 3 nitrogen and oxygen atoms in total. The number of carbonyl (C=O) groups is 1. The molecule has 0 aliphatic rings. The summed E-state index contributed by atoms with van der Waals surface area (Å²) < 4.78 is 6.33. The van der Waals surface area contributed by atoms with Crippen LogP contribution in [0.4, 0.5) is 4.79 Å². The second-order valence-electron chi connectivity index (χ2n) is 2.03. The zero-order valence-corrected chi connectivity index (χ0v) is 8.75. The third-order valence-corrected chi connectivity index (χ3v) is 1.77. The molecule has 0 saturated carbocycles. The van der Waals surface area contributed by atoms with Gasteiger partial charge in [0, 0.05) is 6.54 Å². The maximum Gasteiger partial charge on any atom is 0.401 e. The van der Waals surface area contributed by atoms with E-state index in [0.29, 0.717) is 16.9 Å². The van der Waals surface area contributed by atoms with Gasteiger partial charge in [0.05, 0.1) is 0 Å². The number of nitrogens with zero attached hydrogens (tertiary/aromatic N) is 1. The van der Waals surface area contributed by atoms with E-state index in [1.807, 2.05) is 0 Å². The second kappa shape index (κ2) is 5.73. The van der Waals surface area contributed by atoms with Crippen LogP contribution in [0.5, 0.6) is 0 Å². The van der Waals surface area contributed by atoms with Crippen LogP contribution < -0.4 is 0 Å². The van der Waals surface area contributed by atoms with E-state index in [4.69, 9.17) is 4.74 Å². The Morgan fingerprint density at radius 1 is 1.55 bits per heavy atom. The van der Waals surface area contributed by atoms with Gasteiger partial charge in [-0.05, 0) is 0 Å². The van der Waals surface area contributed by atoms with Crippen molar-refractivity contribution in [1.29, 1.82) is 0 Å². The van der Waals surface area contributed by atoms with Crippen LogP contribution >= 0.6 is 0 Å². The molecule has 0 N–H and O–H groups in total. The first-order chi connectivity index (χ1) is 5.22. The summed E-state index contributed by atoms with van der Waals surface area (Å²) >= 11 is 0. The molecule has 0 rings (SSSR count). The number of rotatable bonds is 4. The van der Waals surface area contributed by atoms with Gasteiger partial charge in [-0.1, -0.05) is 18.7 Å². The van der Waals surface area contributed by atoms with Gasteiger partial charge in [0.2, 0.25) is 0 Å². The summed E-state index contributed by atoms with van der Waals surface area (Å²) in [5.74, 6) is 0. The average Bonchev–Trinajstić information content (AvgIpc) is 2.00. The van der Waals surface area contributed by atoms with Gasteiger partial charge in [-0.15, -0.1) is 6.58 Å². The van der Waals surface area contributed by atoms with Gasteiger partial charge in [0.1, 0.15) is 17.0 Å². The summed E-state index contributed by atoms with van der Waals surface area (Å²) in [6.45, 7) is 7.78. The number of amides is 1. The van der Waals surface area contributed by atoms with E-state index < -0.39 is 0 Å². The highest BCUT2D eigenvalue weighted by Gasteiger charge is 2.04. The van der Waals surface area contributed by atoms with Crippen LogP contribution in [0, 0.1) is 0 Å². The van der Waals surface area contributed by atoms with Crippen molar-refractivity contribution >= 4 is 16.5 Å². The number of ether oxygens (including phenoxy) is 1. The molecule has 0 aromatic heterocycles. The molecule has 0 spiro atoms. The van der Waals surface area contributed by atoms with Gasteiger partial charge in [-0.2, -0.15) is 0 Å². The van der Waals surface area contributed by atoms with Crippen LogP contribution in [-0.2, 0) is 4.74 Å². The minimum atomic E-state index is -0.295. The Kier molecular flexibility index (Phi) is 5.19. The van der Waals surface area contributed by atoms with Crippen molar-refractivity contribution in [2.75, 3.05) is 13.2 Å². The number of hydrogen-bond donors (Lipinski definition) is 0. The van der Waals surface area contributed by atoms with Gasteiger partial charge < -0.3 is 9.30 Å². The predicted octanol–water partition coefficient (Wildman–Crippen LogP) is 0.0774. The first-order valence-corrected chi connectivity index (χ1v) is 4.21. The Bertz CT molecular complexity index is 159. The summed E-state index contributed by atoms with van der Waals surface area (Å²) in [5, 5.41) is 0. The Balaban J connectivity index is 3.62. The van der Waals surface area contributed by atoms with Crippen molar-refractivity contribution < 1.29 is 9.53 Å². The third-order valence-electron chi connectivity index (χ3n) is 1.04. The molecule has 0 unspecified atom stereocenters. The largest absolute Gasteiger partial charge is 0.446 e. The monoisotopic (exact) mass is 171 g/mol. The third kappa shape index (κ3) is 4.38. The summed E-state index contributed by atoms with van der Waals surface area (Å²) in [4.78, 5) is 10.9. The van der Waals surface area contributed by atoms with Crippen LogP contribution in [0.15, 0.2) is 25.3 Å².